The molecule has 2 atom stereocenters. The zero-order valence-electron chi connectivity index (χ0n) is 8.49. The van der Waals surface area contributed by atoms with Gasteiger partial charge in [0.15, 0.2) is 0 Å². The summed E-state index contributed by atoms with van der Waals surface area (Å²) in [4.78, 5) is 5.06. The summed E-state index contributed by atoms with van der Waals surface area (Å²) < 4.78 is 0. The standard InChI is InChI=1S/C10H14ClNOS/c1-6-10(11)9(4-5-12-6)14-8(3)7(2)13/h4-5,7-8,13H,1-3H3. The van der Waals surface area contributed by atoms with Crippen LogP contribution in [0.15, 0.2) is 17.2 Å². The number of rotatable bonds is 3. The highest BCUT2D eigenvalue weighted by Gasteiger charge is 2.13. The Hall–Kier alpha value is -0.250. The Labute approximate surface area is 93.7 Å². The van der Waals surface area contributed by atoms with Crippen LogP contribution in [0.1, 0.15) is 19.5 Å². The predicted molar refractivity (Wildman–Crippen MR) is 61.0 cm³/mol. The predicted octanol–water partition coefficient (Wildman–Crippen LogP) is 2.90. The molecule has 14 heavy (non-hydrogen) atoms. The molecular formula is C10H14ClNOS. The summed E-state index contributed by atoms with van der Waals surface area (Å²) >= 11 is 7.65. The van der Waals surface area contributed by atoms with Crippen LogP contribution >= 0.6 is 23.4 Å². The van der Waals surface area contributed by atoms with E-state index in [1.807, 2.05) is 19.9 Å². The van der Waals surface area contributed by atoms with Crippen LogP contribution in [0.25, 0.3) is 0 Å². The van der Waals surface area contributed by atoms with E-state index in [2.05, 4.69) is 4.98 Å². The Morgan fingerprint density at radius 1 is 1.50 bits per heavy atom. The summed E-state index contributed by atoms with van der Waals surface area (Å²) in [6, 6.07) is 1.87. The summed E-state index contributed by atoms with van der Waals surface area (Å²) in [5, 5.41) is 10.2. The van der Waals surface area contributed by atoms with Crippen LogP contribution in [0, 0.1) is 6.92 Å². The third-order valence-electron chi connectivity index (χ3n) is 2.02. The summed E-state index contributed by atoms with van der Waals surface area (Å²) in [6.07, 6.45) is 1.39. The van der Waals surface area contributed by atoms with Crippen molar-refractivity contribution in [1.82, 2.24) is 4.98 Å². The third-order valence-corrected chi connectivity index (χ3v) is 3.97. The number of aryl methyl sites for hydroxylation is 1. The lowest BCUT2D eigenvalue weighted by atomic mass is 10.3. The first kappa shape index (κ1) is 11.8. The summed E-state index contributed by atoms with van der Waals surface area (Å²) in [6.45, 7) is 5.63. The van der Waals surface area contributed by atoms with Crippen LogP contribution in [0.4, 0.5) is 0 Å². The SMILES string of the molecule is Cc1nccc(SC(C)C(C)O)c1Cl. The average Bonchev–Trinajstić information content (AvgIpc) is 2.12. The van der Waals surface area contributed by atoms with Gasteiger partial charge >= 0.3 is 0 Å². The molecule has 0 saturated heterocycles. The maximum absolute atomic E-state index is 9.36. The fourth-order valence-corrected chi connectivity index (χ4v) is 2.15. The number of hydrogen-bond acceptors (Lipinski definition) is 3. The van der Waals surface area contributed by atoms with Gasteiger partial charge in [-0.1, -0.05) is 18.5 Å². The summed E-state index contributed by atoms with van der Waals surface area (Å²) in [7, 11) is 0. The van der Waals surface area contributed by atoms with Gasteiger partial charge in [-0.25, -0.2) is 0 Å². The molecule has 1 aromatic rings. The van der Waals surface area contributed by atoms with Gasteiger partial charge in [-0.3, -0.25) is 4.98 Å². The average molecular weight is 232 g/mol. The first-order valence-corrected chi connectivity index (χ1v) is 5.74. The van der Waals surface area contributed by atoms with Gasteiger partial charge in [0.25, 0.3) is 0 Å². The molecule has 2 nitrogen and oxygen atoms in total. The number of nitrogens with zero attached hydrogens (tertiary/aromatic N) is 1. The van der Waals surface area contributed by atoms with Crippen molar-refractivity contribution < 1.29 is 5.11 Å². The van der Waals surface area contributed by atoms with Crippen LogP contribution in [0.3, 0.4) is 0 Å². The normalized spacial score (nSPS) is 15.2. The summed E-state index contributed by atoms with van der Waals surface area (Å²) in [5.74, 6) is 0. The molecule has 0 amide bonds. The molecule has 1 rings (SSSR count). The van der Waals surface area contributed by atoms with Crippen LogP contribution in [-0.4, -0.2) is 21.4 Å². The molecule has 0 aliphatic rings. The minimum atomic E-state index is -0.343. The van der Waals surface area contributed by atoms with Crippen molar-refractivity contribution >= 4 is 23.4 Å². The fourth-order valence-electron chi connectivity index (χ4n) is 0.915. The van der Waals surface area contributed by atoms with Crippen molar-refractivity contribution in [2.75, 3.05) is 0 Å². The maximum Gasteiger partial charge on any atom is 0.0754 e. The Morgan fingerprint density at radius 3 is 2.71 bits per heavy atom. The monoisotopic (exact) mass is 231 g/mol. The van der Waals surface area contributed by atoms with E-state index in [4.69, 9.17) is 11.6 Å². The van der Waals surface area contributed by atoms with E-state index < -0.39 is 0 Å². The molecule has 0 radical (unpaired) electrons. The molecular weight excluding hydrogens is 218 g/mol. The smallest absolute Gasteiger partial charge is 0.0754 e. The van der Waals surface area contributed by atoms with Crippen LogP contribution in [-0.2, 0) is 0 Å². The number of hydrogen-bond donors (Lipinski definition) is 1. The van der Waals surface area contributed by atoms with E-state index in [0.717, 1.165) is 10.6 Å². The second kappa shape index (κ2) is 5.01. The number of thioether (sulfide) groups is 1. The molecule has 0 spiro atoms. The highest BCUT2D eigenvalue weighted by molar-refractivity contribution is 8.00. The molecule has 78 valence electrons. The highest BCUT2D eigenvalue weighted by atomic mass is 35.5. The Morgan fingerprint density at radius 2 is 2.14 bits per heavy atom. The Balaban J connectivity index is 2.82. The molecule has 0 aromatic carbocycles. The van der Waals surface area contributed by atoms with Crippen LogP contribution < -0.4 is 0 Å². The topological polar surface area (TPSA) is 33.1 Å². The quantitative estimate of drug-likeness (QED) is 0.813. The van der Waals surface area contributed by atoms with Gasteiger partial charge < -0.3 is 5.11 Å². The maximum atomic E-state index is 9.36. The van der Waals surface area contributed by atoms with Crippen molar-refractivity contribution in [3.05, 3.63) is 23.0 Å². The number of aliphatic hydroxyl groups is 1. The fraction of sp³-hybridized carbons (Fsp3) is 0.500. The lowest BCUT2D eigenvalue weighted by molar-refractivity contribution is 0.196. The molecule has 0 aliphatic heterocycles. The lowest BCUT2D eigenvalue weighted by Gasteiger charge is -2.15. The molecule has 0 bridgehead atoms. The molecule has 0 aliphatic carbocycles. The number of aromatic nitrogens is 1. The van der Waals surface area contributed by atoms with Gasteiger partial charge in [0.2, 0.25) is 0 Å². The Bertz CT molecular complexity index is 317. The summed E-state index contributed by atoms with van der Waals surface area (Å²) in [5.41, 5.74) is 0.828. The van der Waals surface area contributed by atoms with Gasteiger partial charge in [-0.05, 0) is 19.9 Å². The zero-order valence-corrected chi connectivity index (χ0v) is 10.1. The van der Waals surface area contributed by atoms with E-state index in [-0.39, 0.29) is 11.4 Å². The van der Waals surface area contributed by atoms with E-state index in [0.29, 0.717) is 5.02 Å². The van der Waals surface area contributed by atoms with Crippen LogP contribution in [0.5, 0.6) is 0 Å². The first-order chi connectivity index (χ1) is 6.52. The number of pyridine rings is 1. The highest BCUT2D eigenvalue weighted by Crippen LogP contribution is 2.32. The van der Waals surface area contributed by atoms with Gasteiger partial charge in [-0.15, -0.1) is 11.8 Å². The molecule has 0 fully saturated rings. The van der Waals surface area contributed by atoms with E-state index >= 15 is 0 Å². The Kier molecular flexibility index (Phi) is 4.23. The van der Waals surface area contributed by atoms with E-state index in [9.17, 15) is 5.11 Å². The van der Waals surface area contributed by atoms with Crippen molar-refractivity contribution in [1.29, 1.82) is 0 Å². The van der Waals surface area contributed by atoms with Crippen molar-refractivity contribution in [3.8, 4) is 0 Å². The lowest BCUT2D eigenvalue weighted by Crippen LogP contribution is -2.14. The third kappa shape index (κ3) is 2.87. The molecule has 4 heteroatoms. The van der Waals surface area contributed by atoms with Gasteiger partial charge in [0, 0.05) is 16.3 Å². The van der Waals surface area contributed by atoms with Crippen molar-refractivity contribution in [3.63, 3.8) is 0 Å². The molecule has 1 N–H and O–H groups in total. The number of aliphatic hydroxyl groups excluding tert-OH is 1. The van der Waals surface area contributed by atoms with Gasteiger partial charge in [0.1, 0.15) is 0 Å². The minimum absolute atomic E-state index is 0.134. The number of halogens is 1. The zero-order chi connectivity index (χ0) is 10.7. The molecule has 1 heterocycles. The second-order valence-electron chi connectivity index (χ2n) is 3.27. The molecule has 1 aromatic heterocycles. The van der Waals surface area contributed by atoms with Gasteiger partial charge in [0.05, 0.1) is 16.8 Å². The van der Waals surface area contributed by atoms with Gasteiger partial charge in [-0.2, -0.15) is 0 Å². The molecule has 0 saturated carbocycles. The van der Waals surface area contributed by atoms with E-state index in [1.165, 1.54) is 0 Å². The molecule has 2 unspecified atom stereocenters. The van der Waals surface area contributed by atoms with Crippen molar-refractivity contribution in [2.24, 2.45) is 0 Å². The largest absolute Gasteiger partial charge is 0.392 e. The van der Waals surface area contributed by atoms with Crippen molar-refractivity contribution in [2.45, 2.75) is 37.0 Å². The minimum Gasteiger partial charge on any atom is -0.392 e. The second-order valence-corrected chi connectivity index (χ2v) is 5.07. The first-order valence-electron chi connectivity index (χ1n) is 4.48. The van der Waals surface area contributed by atoms with E-state index in [1.54, 1.807) is 24.9 Å². The van der Waals surface area contributed by atoms with Crippen LogP contribution in [0.2, 0.25) is 5.02 Å².